The second kappa shape index (κ2) is 12.2. The fourth-order valence-corrected chi connectivity index (χ4v) is 2.51. The molecule has 0 saturated carbocycles. The minimum atomic E-state index is -0.425. The standard InChI is InChI=1S/C20H26N4O2.HI/c1-3-22-20(23-13-12-16-6-4-5-7-18(16)26-2)24-14-15-8-10-17(11-9-15)19(21)25;/h4-11H,3,12-14H2,1-2H3,(H2,21,25)(H2,22,23,24);1H. The quantitative estimate of drug-likeness (QED) is 0.307. The maximum Gasteiger partial charge on any atom is 0.248 e. The van der Waals surface area contributed by atoms with Gasteiger partial charge in [-0.2, -0.15) is 0 Å². The van der Waals surface area contributed by atoms with E-state index in [1.165, 1.54) is 0 Å². The Labute approximate surface area is 177 Å². The van der Waals surface area contributed by atoms with Crippen molar-refractivity contribution >= 4 is 35.8 Å². The number of halogens is 1. The first-order valence-electron chi connectivity index (χ1n) is 8.67. The molecule has 0 unspecified atom stereocenters. The van der Waals surface area contributed by atoms with Gasteiger partial charge in [-0.15, -0.1) is 24.0 Å². The third kappa shape index (κ3) is 7.46. The zero-order valence-electron chi connectivity index (χ0n) is 15.7. The van der Waals surface area contributed by atoms with Gasteiger partial charge in [-0.3, -0.25) is 4.79 Å². The number of carbonyl (C=O) groups is 1. The molecule has 0 bridgehead atoms. The second-order valence-electron chi connectivity index (χ2n) is 5.74. The molecule has 4 N–H and O–H groups in total. The molecule has 27 heavy (non-hydrogen) atoms. The molecule has 0 aliphatic rings. The average Bonchev–Trinajstić information content (AvgIpc) is 2.66. The van der Waals surface area contributed by atoms with Crippen molar-refractivity contribution in [3.8, 4) is 5.75 Å². The van der Waals surface area contributed by atoms with Crippen LogP contribution in [0.4, 0.5) is 0 Å². The summed E-state index contributed by atoms with van der Waals surface area (Å²) in [4.78, 5) is 15.7. The fourth-order valence-electron chi connectivity index (χ4n) is 2.51. The monoisotopic (exact) mass is 482 g/mol. The highest BCUT2D eigenvalue weighted by Gasteiger charge is 2.03. The Morgan fingerprint density at radius 2 is 1.81 bits per heavy atom. The maximum absolute atomic E-state index is 11.1. The summed E-state index contributed by atoms with van der Waals surface area (Å²) in [7, 11) is 1.68. The van der Waals surface area contributed by atoms with Crippen molar-refractivity contribution in [3.05, 3.63) is 65.2 Å². The van der Waals surface area contributed by atoms with E-state index >= 15 is 0 Å². The fraction of sp³-hybridized carbons (Fsp3) is 0.300. The summed E-state index contributed by atoms with van der Waals surface area (Å²) in [5, 5.41) is 6.56. The predicted octanol–water partition coefficient (Wildman–Crippen LogP) is 2.71. The third-order valence-electron chi connectivity index (χ3n) is 3.88. The highest BCUT2D eigenvalue weighted by molar-refractivity contribution is 14.0. The van der Waals surface area contributed by atoms with E-state index in [-0.39, 0.29) is 24.0 Å². The van der Waals surface area contributed by atoms with E-state index in [4.69, 9.17) is 10.5 Å². The van der Waals surface area contributed by atoms with Crippen molar-refractivity contribution in [1.82, 2.24) is 10.6 Å². The minimum Gasteiger partial charge on any atom is -0.496 e. The molecule has 2 aromatic rings. The van der Waals surface area contributed by atoms with Gasteiger partial charge in [0.25, 0.3) is 0 Å². The van der Waals surface area contributed by atoms with Crippen molar-refractivity contribution in [2.45, 2.75) is 19.9 Å². The van der Waals surface area contributed by atoms with E-state index < -0.39 is 5.91 Å². The number of amides is 1. The summed E-state index contributed by atoms with van der Waals surface area (Å²) in [5.74, 6) is 1.22. The van der Waals surface area contributed by atoms with Crippen LogP contribution < -0.4 is 21.1 Å². The Hall–Kier alpha value is -2.29. The van der Waals surface area contributed by atoms with Crippen molar-refractivity contribution in [2.24, 2.45) is 10.7 Å². The molecule has 0 fully saturated rings. The number of benzene rings is 2. The molecule has 1 amide bonds. The molecule has 0 spiro atoms. The summed E-state index contributed by atoms with van der Waals surface area (Å²) in [6.45, 7) is 4.07. The molecule has 0 aliphatic carbocycles. The Kier molecular flexibility index (Phi) is 10.2. The Morgan fingerprint density at radius 1 is 1.11 bits per heavy atom. The zero-order valence-corrected chi connectivity index (χ0v) is 18.0. The molecule has 0 heterocycles. The summed E-state index contributed by atoms with van der Waals surface area (Å²) >= 11 is 0. The average molecular weight is 482 g/mol. The topological polar surface area (TPSA) is 88.7 Å². The predicted molar refractivity (Wildman–Crippen MR) is 120 cm³/mol. The molecule has 0 saturated heterocycles. The Morgan fingerprint density at radius 3 is 2.44 bits per heavy atom. The first-order valence-corrected chi connectivity index (χ1v) is 8.67. The number of methoxy groups -OCH3 is 1. The van der Waals surface area contributed by atoms with Crippen LogP contribution in [0.3, 0.4) is 0 Å². The molecule has 7 heteroatoms. The number of nitrogens with two attached hydrogens (primary N) is 1. The highest BCUT2D eigenvalue weighted by Crippen LogP contribution is 2.17. The van der Waals surface area contributed by atoms with E-state index in [1.807, 2.05) is 37.3 Å². The molecule has 2 rings (SSSR count). The normalized spacial score (nSPS) is 10.7. The molecule has 146 valence electrons. The summed E-state index contributed by atoms with van der Waals surface area (Å²) in [6, 6.07) is 15.2. The number of hydrogen-bond donors (Lipinski definition) is 3. The summed E-state index contributed by atoms with van der Waals surface area (Å²) in [5.41, 5.74) is 7.92. The molecule has 0 aromatic heterocycles. The lowest BCUT2D eigenvalue weighted by atomic mass is 10.1. The molecule has 0 aliphatic heterocycles. The number of ether oxygens (including phenoxy) is 1. The highest BCUT2D eigenvalue weighted by atomic mass is 127. The minimum absolute atomic E-state index is 0. The number of primary amides is 1. The number of guanidine groups is 1. The van der Waals surface area contributed by atoms with Crippen LogP contribution in [0.25, 0.3) is 0 Å². The van der Waals surface area contributed by atoms with Crippen LogP contribution in [0.2, 0.25) is 0 Å². The van der Waals surface area contributed by atoms with Gasteiger partial charge in [0.15, 0.2) is 5.96 Å². The molecule has 0 radical (unpaired) electrons. The van der Waals surface area contributed by atoms with Crippen molar-refractivity contribution in [2.75, 3.05) is 20.2 Å². The maximum atomic E-state index is 11.1. The van der Waals surface area contributed by atoms with Gasteiger partial charge in [0.2, 0.25) is 5.91 Å². The lowest BCUT2D eigenvalue weighted by Crippen LogP contribution is -2.38. The first kappa shape index (κ1) is 22.8. The van der Waals surface area contributed by atoms with E-state index in [0.29, 0.717) is 12.1 Å². The number of nitrogens with one attached hydrogen (secondary N) is 2. The van der Waals surface area contributed by atoms with Crippen LogP contribution in [0.1, 0.15) is 28.4 Å². The SMILES string of the molecule is CCNC(=NCc1ccc(C(N)=O)cc1)NCCc1ccccc1OC.I. The van der Waals surface area contributed by atoms with E-state index in [2.05, 4.69) is 21.7 Å². The molecule has 0 atom stereocenters. The van der Waals surface area contributed by atoms with Crippen LogP contribution in [0, 0.1) is 0 Å². The summed E-state index contributed by atoms with van der Waals surface area (Å²) in [6.07, 6.45) is 0.835. The summed E-state index contributed by atoms with van der Waals surface area (Å²) < 4.78 is 5.38. The van der Waals surface area contributed by atoms with Gasteiger partial charge in [0, 0.05) is 18.7 Å². The number of para-hydroxylation sites is 1. The molecule has 6 nitrogen and oxygen atoms in total. The number of carbonyl (C=O) groups excluding carboxylic acids is 1. The van der Waals surface area contributed by atoms with Crippen molar-refractivity contribution in [1.29, 1.82) is 0 Å². The van der Waals surface area contributed by atoms with Gasteiger partial charge >= 0.3 is 0 Å². The van der Waals surface area contributed by atoms with Gasteiger partial charge in [0.05, 0.1) is 13.7 Å². The third-order valence-corrected chi connectivity index (χ3v) is 3.88. The second-order valence-corrected chi connectivity index (χ2v) is 5.74. The van der Waals surface area contributed by atoms with E-state index in [9.17, 15) is 4.79 Å². The first-order chi connectivity index (χ1) is 12.6. The molecular formula is C20H27IN4O2. The Bertz CT molecular complexity index is 748. The lowest BCUT2D eigenvalue weighted by molar-refractivity contribution is 0.100. The van der Waals surface area contributed by atoms with Crippen LogP contribution in [0.5, 0.6) is 5.75 Å². The van der Waals surface area contributed by atoms with Gasteiger partial charge in [-0.05, 0) is 42.7 Å². The van der Waals surface area contributed by atoms with Crippen molar-refractivity contribution in [3.63, 3.8) is 0 Å². The largest absolute Gasteiger partial charge is 0.496 e. The number of hydrogen-bond acceptors (Lipinski definition) is 3. The smallest absolute Gasteiger partial charge is 0.248 e. The van der Waals surface area contributed by atoms with Crippen LogP contribution in [-0.4, -0.2) is 32.1 Å². The van der Waals surface area contributed by atoms with E-state index in [0.717, 1.165) is 42.3 Å². The van der Waals surface area contributed by atoms with Gasteiger partial charge < -0.3 is 21.1 Å². The number of aliphatic imine (C=N–C) groups is 1. The van der Waals surface area contributed by atoms with Crippen molar-refractivity contribution < 1.29 is 9.53 Å². The van der Waals surface area contributed by atoms with Gasteiger partial charge in [-0.25, -0.2) is 4.99 Å². The number of rotatable bonds is 8. The van der Waals surface area contributed by atoms with Gasteiger partial charge in [0.1, 0.15) is 5.75 Å². The van der Waals surface area contributed by atoms with Crippen LogP contribution in [-0.2, 0) is 13.0 Å². The Balaban J connectivity index is 0.00000364. The van der Waals surface area contributed by atoms with Crippen LogP contribution >= 0.6 is 24.0 Å². The number of nitrogens with zero attached hydrogens (tertiary/aromatic N) is 1. The van der Waals surface area contributed by atoms with Gasteiger partial charge in [-0.1, -0.05) is 30.3 Å². The van der Waals surface area contributed by atoms with Crippen LogP contribution in [0.15, 0.2) is 53.5 Å². The molecular weight excluding hydrogens is 455 g/mol. The van der Waals surface area contributed by atoms with E-state index in [1.54, 1.807) is 19.2 Å². The zero-order chi connectivity index (χ0) is 18.8. The lowest BCUT2D eigenvalue weighted by Gasteiger charge is -2.12. The molecule has 2 aromatic carbocycles.